The van der Waals surface area contributed by atoms with Gasteiger partial charge in [-0.05, 0) is 61.4 Å². The molecule has 1 amide bonds. The normalized spacial score (nSPS) is 14.6. The Hall–Kier alpha value is -4.32. The van der Waals surface area contributed by atoms with Gasteiger partial charge < -0.3 is 0 Å². The van der Waals surface area contributed by atoms with E-state index < -0.39 is 4.92 Å². The summed E-state index contributed by atoms with van der Waals surface area (Å²) >= 11 is 0. The molecule has 0 saturated heterocycles. The van der Waals surface area contributed by atoms with E-state index in [-0.39, 0.29) is 17.4 Å². The molecular weight excluding hydrogens is 404 g/mol. The number of nitro benzene ring substituents is 1. The number of hydrogen-bond acceptors (Lipinski definition) is 4. The van der Waals surface area contributed by atoms with Gasteiger partial charge >= 0.3 is 0 Å². The molecule has 32 heavy (non-hydrogen) atoms. The van der Waals surface area contributed by atoms with Crippen LogP contribution in [-0.2, 0) is 4.79 Å². The molecule has 6 heteroatoms. The number of Topliss-reactive ketones (excluding diaryl/α,β-unsaturated/α-hetero) is 1. The fraction of sp³-hybridized carbons (Fsp3) is 0.0769. The molecule has 0 bridgehead atoms. The Morgan fingerprint density at radius 2 is 1.69 bits per heavy atom. The first-order chi connectivity index (χ1) is 15.3. The van der Waals surface area contributed by atoms with Crippen LogP contribution in [0.2, 0.25) is 0 Å². The lowest BCUT2D eigenvalue weighted by Gasteiger charge is -2.21. The zero-order chi connectivity index (χ0) is 22.8. The summed E-state index contributed by atoms with van der Waals surface area (Å²) in [6, 6.07) is 20.8. The second-order valence-corrected chi connectivity index (χ2v) is 7.59. The minimum atomic E-state index is -0.462. The first kappa shape index (κ1) is 20.9. The van der Waals surface area contributed by atoms with E-state index >= 15 is 0 Å². The summed E-state index contributed by atoms with van der Waals surface area (Å²) in [5, 5.41) is 10.9. The average Bonchev–Trinajstić information content (AvgIpc) is 3.10. The summed E-state index contributed by atoms with van der Waals surface area (Å²) in [7, 11) is 0. The van der Waals surface area contributed by atoms with Gasteiger partial charge in [0, 0.05) is 29.0 Å². The van der Waals surface area contributed by atoms with Crippen LogP contribution in [0, 0.1) is 17.0 Å². The molecule has 4 rings (SSSR count). The van der Waals surface area contributed by atoms with Gasteiger partial charge in [0.25, 0.3) is 11.6 Å². The molecule has 0 N–H and O–H groups in total. The van der Waals surface area contributed by atoms with Crippen LogP contribution in [-0.4, -0.2) is 16.6 Å². The fourth-order valence-corrected chi connectivity index (χ4v) is 3.54. The quantitative estimate of drug-likeness (QED) is 0.232. The van der Waals surface area contributed by atoms with Crippen molar-refractivity contribution in [2.45, 2.75) is 13.8 Å². The number of nitro groups is 1. The summed E-state index contributed by atoms with van der Waals surface area (Å²) < 4.78 is 0. The van der Waals surface area contributed by atoms with E-state index in [1.807, 2.05) is 31.2 Å². The highest BCUT2D eigenvalue weighted by molar-refractivity contribution is 6.23. The van der Waals surface area contributed by atoms with Gasteiger partial charge in [0.15, 0.2) is 5.78 Å². The average molecular weight is 424 g/mol. The first-order valence-electron chi connectivity index (χ1n) is 10.0. The third kappa shape index (κ3) is 4.11. The van der Waals surface area contributed by atoms with E-state index in [9.17, 15) is 19.7 Å². The number of benzene rings is 3. The number of carbonyl (C=O) groups is 2. The van der Waals surface area contributed by atoms with Crippen molar-refractivity contribution in [2.24, 2.45) is 0 Å². The Bertz CT molecular complexity index is 1290. The first-order valence-corrected chi connectivity index (χ1v) is 10.0. The zero-order valence-electron chi connectivity index (χ0n) is 17.6. The molecule has 1 heterocycles. The molecule has 3 aromatic carbocycles. The highest BCUT2D eigenvalue weighted by Gasteiger charge is 2.30. The molecule has 1 aliphatic rings. The molecule has 0 atom stereocenters. The number of nitrogens with zero attached hydrogens (tertiary/aromatic N) is 2. The Balaban J connectivity index is 1.80. The third-order valence-corrected chi connectivity index (χ3v) is 5.27. The Kier molecular flexibility index (Phi) is 5.52. The summed E-state index contributed by atoms with van der Waals surface area (Å²) in [4.78, 5) is 37.4. The van der Waals surface area contributed by atoms with Crippen molar-refractivity contribution in [3.8, 4) is 0 Å². The zero-order valence-corrected chi connectivity index (χ0v) is 17.6. The van der Waals surface area contributed by atoms with E-state index in [0.29, 0.717) is 28.1 Å². The number of aryl methyl sites for hydroxylation is 1. The minimum Gasteiger partial charge on any atom is -0.295 e. The van der Waals surface area contributed by atoms with Crippen LogP contribution in [0.25, 0.3) is 11.8 Å². The lowest BCUT2D eigenvalue weighted by atomic mass is 10.1. The maximum atomic E-state index is 13.4. The summed E-state index contributed by atoms with van der Waals surface area (Å²) in [6.45, 7) is 3.48. The van der Waals surface area contributed by atoms with Gasteiger partial charge in [-0.2, -0.15) is 0 Å². The van der Waals surface area contributed by atoms with E-state index in [0.717, 1.165) is 11.1 Å². The van der Waals surface area contributed by atoms with Gasteiger partial charge in [0.05, 0.1) is 10.6 Å². The maximum Gasteiger partial charge on any atom is 0.269 e. The number of carbonyl (C=O) groups excluding carboxylic acids is 2. The summed E-state index contributed by atoms with van der Waals surface area (Å²) in [6.07, 6.45) is 3.50. The molecular formula is C26H20N2O4. The topological polar surface area (TPSA) is 80.5 Å². The van der Waals surface area contributed by atoms with Crippen molar-refractivity contribution in [3.63, 3.8) is 0 Å². The molecule has 0 radical (unpaired) electrons. The van der Waals surface area contributed by atoms with Gasteiger partial charge in [-0.25, -0.2) is 0 Å². The monoisotopic (exact) mass is 424 g/mol. The fourth-order valence-electron chi connectivity index (χ4n) is 3.54. The predicted octanol–water partition coefficient (Wildman–Crippen LogP) is 5.58. The van der Waals surface area contributed by atoms with E-state index in [2.05, 4.69) is 0 Å². The molecule has 0 aliphatic carbocycles. The minimum absolute atomic E-state index is 0.0107. The molecule has 0 saturated carbocycles. The third-order valence-electron chi connectivity index (χ3n) is 5.27. The van der Waals surface area contributed by atoms with Crippen LogP contribution < -0.4 is 4.90 Å². The molecule has 3 aromatic rings. The van der Waals surface area contributed by atoms with Gasteiger partial charge in [0.2, 0.25) is 0 Å². The van der Waals surface area contributed by atoms with Crippen molar-refractivity contribution in [2.75, 3.05) is 4.90 Å². The molecule has 0 fully saturated rings. The van der Waals surface area contributed by atoms with Crippen LogP contribution in [0.15, 0.2) is 84.4 Å². The van der Waals surface area contributed by atoms with Crippen molar-refractivity contribution < 1.29 is 14.5 Å². The second-order valence-electron chi connectivity index (χ2n) is 7.59. The molecule has 0 unspecified atom stereocenters. The SMILES string of the molecule is CC(=O)c1cccc(N2C(=O)/C(=C/c3ccc([N+](=O)[O-])cc3)C=C2c2ccc(C)cc2)c1. The lowest BCUT2D eigenvalue weighted by Crippen LogP contribution is -2.25. The number of hydrogen-bond donors (Lipinski definition) is 0. The Morgan fingerprint density at radius 3 is 2.31 bits per heavy atom. The largest absolute Gasteiger partial charge is 0.295 e. The van der Waals surface area contributed by atoms with Gasteiger partial charge in [-0.1, -0.05) is 42.0 Å². The predicted molar refractivity (Wildman–Crippen MR) is 124 cm³/mol. The van der Waals surface area contributed by atoms with Crippen LogP contribution in [0.3, 0.4) is 0 Å². The highest BCUT2D eigenvalue weighted by atomic mass is 16.6. The summed E-state index contributed by atoms with van der Waals surface area (Å²) in [5.41, 5.74) is 4.90. The molecule has 0 aromatic heterocycles. The number of ketones is 1. The Labute approximate surface area is 185 Å². The van der Waals surface area contributed by atoms with Crippen LogP contribution in [0.4, 0.5) is 11.4 Å². The van der Waals surface area contributed by atoms with Crippen molar-refractivity contribution in [1.29, 1.82) is 0 Å². The maximum absolute atomic E-state index is 13.4. The molecule has 158 valence electrons. The van der Waals surface area contributed by atoms with Gasteiger partial charge in [-0.3, -0.25) is 24.6 Å². The van der Waals surface area contributed by atoms with E-state index in [1.54, 1.807) is 53.5 Å². The number of amides is 1. The van der Waals surface area contributed by atoms with E-state index in [4.69, 9.17) is 0 Å². The smallest absolute Gasteiger partial charge is 0.269 e. The van der Waals surface area contributed by atoms with Crippen molar-refractivity contribution >= 4 is 34.8 Å². The number of rotatable bonds is 5. The Morgan fingerprint density at radius 1 is 1.00 bits per heavy atom. The van der Waals surface area contributed by atoms with Crippen LogP contribution in [0.5, 0.6) is 0 Å². The molecule has 0 spiro atoms. The van der Waals surface area contributed by atoms with Crippen molar-refractivity contribution in [3.05, 3.63) is 117 Å². The molecule has 6 nitrogen and oxygen atoms in total. The van der Waals surface area contributed by atoms with Crippen LogP contribution in [0.1, 0.15) is 34.0 Å². The highest BCUT2D eigenvalue weighted by Crippen LogP contribution is 2.35. The van der Waals surface area contributed by atoms with Gasteiger partial charge in [0.1, 0.15) is 0 Å². The molecule has 1 aliphatic heterocycles. The number of anilines is 1. The lowest BCUT2D eigenvalue weighted by molar-refractivity contribution is -0.384. The summed E-state index contributed by atoms with van der Waals surface area (Å²) in [5.74, 6) is -0.319. The van der Waals surface area contributed by atoms with Crippen molar-refractivity contribution in [1.82, 2.24) is 0 Å². The van der Waals surface area contributed by atoms with E-state index in [1.165, 1.54) is 19.1 Å². The second kappa shape index (κ2) is 8.43. The number of non-ortho nitro benzene ring substituents is 1. The van der Waals surface area contributed by atoms with Gasteiger partial charge in [-0.15, -0.1) is 0 Å². The standard InChI is InChI=1S/C26H20N2O4/c1-17-6-10-20(11-7-17)25-16-22(14-19-8-12-23(13-9-19)28(31)32)26(30)27(25)24-5-3-4-21(15-24)18(2)29/h3-16H,1-2H3/b22-14+. The van der Waals surface area contributed by atoms with Crippen LogP contribution >= 0.6 is 0 Å².